The van der Waals surface area contributed by atoms with E-state index in [1.54, 1.807) is 6.07 Å². The number of aryl methyl sites for hydroxylation is 1. The molecule has 3 aromatic rings. The average Bonchev–Trinajstić information content (AvgIpc) is 3.58. The third-order valence-electron chi connectivity index (χ3n) is 7.51. The molecule has 2 aliphatic heterocycles. The number of anilines is 1. The van der Waals surface area contributed by atoms with Gasteiger partial charge in [-0.15, -0.1) is 0 Å². The molecule has 7 heteroatoms. The third kappa shape index (κ3) is 4.96. The van der Waals surface area contributed by atoms with Crippen molar-refractivity contribution in [3.05, 3.63) is 76.9 Å². The quantitative estimate of drug-likeness (QED) is 0.443. The van der Waals surface area contributed by atoms with Crippen molar-refractivity contribution < 1.29 is 14.0 Å². The third-order valence-corrected chi connectivity index (χ3v) is 7.51. The fraction of sp³-hybridized carbons (Fsp3) is 0.333. The average molecular weight is 501 g/mol. The van der Waals surface area contributed by atoms with Crippen molar-refractivity contribution in [2.75, 3.05) is 31.5 Å². The summed E-state index contributed by atoms with van der Waals surface area (Å²) in [6.45, 7) is 9.77. The lowest BCUT2D eigenvalue weighted by Crippen LogP contribution is -2.39. The second-order valence-electron chi connectivity index (χ2n) is 9.82. The van der Waals surface area contributed by atoms with Crippen LogP contribution in [-0.4, -0.2) is 58.8 Å². The van der Waals surface area contributed by atoms with Gasteiger partial charge in [0, 0.05) is 41.8 Å². The lowest BCUT2D eigenvalue weighted by atomic mass is 9.94. The number of carbonyl (C=O) groups excluding carboxylic acids is 2. The number of H-pyrrole nitrogens is 1. The van der Waals surface area contributed by atoms with E-state index in [9.17, 15) is 14.0 Å². The normalized spacial score (nSPS) is 18.1. The topological polar surface area (TPSA) is 68.4 Å². The van der Waals surface area contributed by atoms with Gasteiger partial charge in [0.05, 0.1) is 12.0 Å². The predicted molar refractivity (Wildman–Crippen MR) is 145 cm³/mol. The number of hydrogen-bond acceptors (Lipinski definition) is 3. The van der Waals surface area contributed by atoms with Gasteiger partial charge in [0.2, 0.25) is 5.91 Å². The molecule has 2 amide bonds. The largest absolute Gasteiger partial charge is 0.359 e. The first-order chi connectivity index (χ1) is 17.9. The van der Waals surface area contributed by atoms with Crippen LogP contribution in [0.15, 0.2) is 48.5 Å². The van der Waals surface area contributed by atoms with Gasteiger partial charge in [0.15, 0.2) is 0 Å². The molecule has 192 valence electrons. The standard InChI is InChI=1S/C30H33FN4O2/c1-4-34(5-2)23-12-13-35(18-23)28(36)16-21-14-19(3)32-27(21)17-25-29-24(20-8-6-9-22(31)15-20)10-7-11-26(29)33-30(25)37/h6-11,14-15,17,23,32H,4-5,12-13,16,18H2,1-3H3,(H,33,37). The number of carbonyl (C=O) groups is 2. The number of hydrogen-bond donors (Lipinski definition) is 2. The van der Waals surface area contributed by atoms with Crippen molar-refractivity contribution >= 4 is 29.2 Å². The van der Waals surface area contributed by atoms with Crippen LogP contribution in [0.3, 0.4) is 0 Å². The van der Waals surface area contributed by atoms with E-state index in [-0.39, 0.29) is 24.1 Å². The molecule has 1 fully saturated rings. The number of amides is 2. The van der Waals surface area contributed by atoms with Gasteiger partial charge < -0.3 is 15.2 Å². The number of likely N-dealkylation sites (N-methyl/N-ethyl adjacent to an activating group) is 1. The van der Waals surface area contributed by atoms with Crippen molar-refractivity contribution in [1.29, 1.82) is 0 Å². The Morgan fingerprint density at radius 2 is 1.95 bits per heavy atom. The minimum absolute atomic E-state index is 0.102. The molecule has 0 radical (unpaired) electrons. The fourth-order valence-corrected chi connectivity index (χ4v) is 5.65. The number of nitrogens with one attached hydrogen (secondary N) is 2. The van der Waals surface area contributed by atoms with Crippen molar-refractivity contribution in [1.82, 2.24) is 14.8 Å². The summed E-state index contributed by atoms with van der Waals surface area (Å²) in [6.07, 6.45) is 3.09. The van der Waals surface area contributed by atoms with Gasteiger partial charge in [-0.25, -0.2) is 4.39 Å². The lowest BCUT2D eigenvalue weighted by molar-refractivity contribution is -0.129. The summed E-state index contributed by atoms with van der Waals surface area (Å²) in [5, 5.41) is 2.94. The van der Waals surface area contributed by atoms with Gasteiger partial charge in [-0.3, -0.25) is 14.5 Å². The summed E-state index contributed by atoms with van der Waals surface area (Å²) in [5.41, 5.74) is 5.95. The van der Waals surface area contributed by atoms with Crippen LogP contribution in [0.2, 0.25) is 0 Å². The Morgan fingerprint density at radius 1 is 1.16 bits per heavy atom. The van der Waals surface area contributed by atoms with E-state index in [1.807, 2.05) is 48.2 Å². The SMILES string of the molecule is CCN(CC)C1CCN(C(=O)Cc2cc(C)[nH]c2C=C2C(=O)Nc3cccc(-c4cccc(F)c4)c32)C1. The fourth-order valence-electron chi connectivity index (χ4n) is 5.65. The molecule has 2 aliphatic rings. The zero-order chi connectivity index (χ0) is 26.1. The molecule has 0 aliphatic carbocycles. The van der Waals surface area contributed by atoms with Crippen molar-refractivity contribution in [2.45, 2.75) is 39.7 Å². The van der Waals surface area contributed by atoms with Crippen LogP contribution in [0.25, 0.3) is 22.8 Å². The first-order valence-electron chi connectivity index (χ1n) is 13.0. The van der Waals surface area contributed by atoms with E-state index in [0.717, 1.165) is 60.7 Å². The van der Waals surface area contributed by atoms with E-state index in [2.05, 4.69) is 29.0 Å². The summed E-state index contributed by atoms with van der Waals surface area (Å²) >= 11 is 0. The molecule has 2 aromatic carbocycles. The molecule has 2 N–H and O–H groups in total. The number of aromatic nitrogens is 1. The smallest absolute Gasteiger partial charge is 0.256 e. The zero-order valence-corrected chi connectivity index (χ0v) is 21.6. The summed E-state index contributed by atoms with van der Waals surface area (Å²) in [5.74, 6) is -0.445. The van der Waals surface area contributed by atoms with Crippen LogP contribution in [0.4, 0.5) is 10.1 Å². The van der Waals surface area contributed by atoms with Gasteiger partial charge in [-0.05, 0) is 73.5 Å². The number of aromatic amines is 1. The number of likely N-dealkylation sites (tertiary alicyclic amines) is 1. The Kier molecular flexibility index (Phi) is 6.98. The minimum Gasteiger partial charge on any atom is -0.359 e. The molecular weight excluding hydrogens is 467 g/mol. The Bertz CT molecular complexity index is 1370. The van der Waals surface area contributed by atoms with Gasteiger partial charge in [0.25, 0.3) is 5.91 Å². The summed E-state index contributed by atoms with van der Waals surface area (Å²) in [6, 6.07) is 14.4. The van der Waals surface area contributed by atoms with Crippen LogP contribution in [0, 0.1) is 12.7 Å². The summed E-state index contributed by atoms with van der Waals surface area (Å²) < 4.78 is 14.0. The second-order valence-corrected chi connectivity index (χ2v) is 9.82. The van der Waals surface area contributed by atoms with Gasteiger partial charge in [-0.2, -0.15) is 0 Å². The van der Waals surface area contributed by atoms with Crippen molar-refractivity contribution in [3.63, 3.8) is 0 Å². The molecule has 0 bridgehead atoms. The number of rotatable bonds is 7. The summed E-state index contributed by atoms with van der Waals surface area (Å²) in [4.78, 5) is 34.0. The number of halogens is 1. The monoisotopic (exact) mass is 500 g/mol. The second kappa shape index (κ2) is 10.3. The zero-order valence-electron chi connectivity index (χ0n) is 21.6. The predicted octanol–water partition coefficient (Wildman–Crippen LogP) is 5.11. The Morgan fingerprint density at radius 3 is 2.70 bits per heavy atom. The maximum atomic E-state index is 14.0. The van der Waals surface area contributed by atoms with E-state index in [4.69, 9.17) is 0 Å². The Hall–Kier alpha value is -3.71. The van der Waals surface area contributed by atoms with Crippen LogP contribution < -0.4 is 5.32 Å². The highest BCUT2D eigenvalue weighted by molar-refractivity contribution is 6.36. The molecule has 5 rings (SSSR count). The van der Waals surface area contributed by atoms with Crippen LogP contribution in [0.5, 0.6) is 0 Å². The first kappa shape index (κ1) is 25.0. The highest BCUT2D eigenvalue weighted by Gasteiger charge is 2.31. The Labute approximate surface area is 217 Å². The molecule has 37 heavy (non-hydrogen) atoms. The van der Waals surface area contributed by atoms with E-state index >= 15 is 0 Å². The molecule has 1 unspecified atom stereocenters. The van der Waals surface area contributed by atoms with E-state index in [0.29, 0.717) is 22.9 Å². The molecule has 1 atom stereocenters. The van der Waals surface area contributed by atoms with Gasteiger partial charge in [0.1, 0.15) is 5.82 Å². The number of benzene rings is 2. The van der Waals surface area contributed by atoms with Crippen LogP contribution >= 0.6 is 0 Å². The maximum Gasteiger partial charge on any atom is 0.256 e. The van der Waals surface area contributed by atoms with Crippen LogP contribution in [0.1, 0.15) is 42.8 Å². The van der Waals surface area contributed by atoms with E-state index in [1.165, 1.54) is 12.1 Å². The van der Waals surface area contributed by atoms with Gasteiger partial charge >= 0.3 is 0 Å². The number of fused-ring (bicyclic) bond motifs is 1. The van der Waals surface area contributed by atoms with Gasteiger partial charge in [-0.1, -0.05) is 38.1 Å². The maximum absolute atomic E-state index is 14.0. The highest BCUT2D eigenvalue weighted by atomic mass is 19.1. The Balaban J connectivity index is 1.44. The number of nitrogens with zero attached hydrogens (tertiary/aromatic N) is 2. The molecule has 1 saturated heterocycles. The lowest BCUT2D eigenvalue weighted by Gasteiger charge is -2.26. The highest BCUT2D eigenvalue weighted by Crippen LogP contribution is 2.40. The van der Waals surface area contributed by atoms with E-state index < -0.39 is 0 Å². The van der Waals surface area contributed by atoms with Crippen molar-refractivity contribution in [3.8, 4) is 11.1 Å². The van der Waals surface area contributed by atoms with Crippen molar-refractivity contribution in [2.24, 2.45) is 0 Å². The molecule has 0 saturated carbocycles. The summed E-state index contributed by atoms with van der Waals surface area (Å²) in [7, 11) is 0. The minimum atomic E-state index is -0.330. The molecule has 3 heterocycles. The van der Waals surface area contributed by atoms with Crippen LogP contribution in [-0.2, 0) is 16.0 Å². The first-order valence-corrected chi connectivity index (χ1v) is 13.0. The molecular formula is C30H33FN4O2. The molecule has 1 aromatic heterocycles. The molecule has 0 spiro atoms. The molecule has 6 nitrogen and oxygen atoms in total.